The summed E-state index contributed by atoms with van der Waals surface area (Å²) in [6.07, 6.45) is 0.687. The predicted octanol–water partition coefficient (Wildman–Crippen LogP) is -0.607. The van der Waals surface area contributed by atoms with Crippen LogP contribution in [0.1, 0.15) is 13.3 Å². The third-order valence-electron chi connectivity index (χ3n) is 1.56. The Balaban J connectivity index is 2.46. The van der Waals surface area contributed by atoms with E-state index in [-0.39, 0.29) is 12.6 Å². The van der Waals surface area contributed by atoms with Crippen molar-refractivity contribution in [3.63, 3.8) is 0 Å². The van der Waals surface area contributed by atoms with Crippen molar-refractivity contribution in [1.29, 1.82) is 0 Å². The highest BCUT2D eigenvalue weighted by atomic mass is 16.3. The summed E-state index contributed by atoms with van der Waals surface area (Å²) >= 11 is 0. The highest BCUT2D eigenvalue weighted by molar-refractivity contribution is 5.22. The number of hydrogen-bond donors (Lipinski definition) is 2. The van der Waals surface area contributed by atoms with Crippen molar-refractivity contribution in [1.82, 2.24) is 20.2 Å². The minimum absolute atomic E-state index is 0.166. The largest absolute Gasteiger partial charge is 0.396 e. The molecular weight excluding hydrogens is 158 g/mol. The normalized spacial score (nSPS) is 12.9. The van der Waals surface area contributed by atoms with Crippen LogP contribution in [0.25, 0.3) is 0 Å². The third-order valence-corrected chi connectivity index (χ3v) is 1.56. The van der Waals surface area contributed by atoms with E-state index >= 15 is 0 Å². The van der Waals surface area contributed by atoms with E-state index in [4.69, 9.17) is 5.11 Å². The van der Waals surface area contributed by atoms with E-state index in [2.05, 4.69) is 20.8 Å². The molecule has 0 aliphatic carbocycles. The molecule has 6 nitrogen and oxygen atoms in total. The van der Waals surface area contributed by atoms with E-state index in [1.54, 1.807) is 11.7 Å². The highest BCUT2D eigenvalue weighted by Crippen LogP contribution is 2.01. The van der Waals surface area contributed by atoms with Crippen LogP contribution in [0.4, 0.5) is 5.95 Å². The summed E-state index contributed by atoms with van der Waals surface area (Å²) in [6, 6.07) is 0.180. The third kappa shape index (κ3) is 2.16. The second kappa shape index (κ2) is 4.01. The van der Waals surface area contributed by atoms with Gasteiger partial charge in [-0.3, -0.25) is 0 Å². The molecule has 0 aliphatic heterocycles. The molecule has 68 valence electrons. The van der Waals surface area contributed by atoms with Crippen LogP contribution >= 0.6 is 0 Å². The van der Waals surface area contributed by atoms with E-state index in [9.17, 15) is 0 Å². The van der Waals surface area contributed by atoms with Crippen molar-refractivity contribution >= 4 is 5.95 Å². The van der Waals surface area contributed by atoms with Gasteiger partial charge in [0, 0.05) is 19.7 Å². The van der Waals surface area contributed by atoms with Gasteiger partial charge in [0.1, 0.15) is 0 Å². The van der Waals surface area contributed by atoms with Gasteiger partial charge in [-0.15, -0.1) is 0 Å². The smallest absolute Gasteiger partial charge is 0.242 e. The summed E-state index contributed by atoms with van der Waals surface area (Å²) in [5.41, 5.74) is 0. The van der Waals surface area contributed by atoms with Crippen molar-refractivity contribution in [3.05, 3.63) is 0 Å². The van der Waals surface area contributed by atoms with Gasteiger partial charge in [0.2, 0.25) is 5.95 Å². The van der Waals surface area contributed by atoms with Crippen LogP contribution in [0.2, 0.25) is 0 Å². The average molecular weight is 171 g/mol. The van der Waals surface area contributed by atoms with E-state index in [1.165, 1.54) is 0 Å². The molecule has 1 rings (SSSR count). The van der Waals surface area contributed by atoms with Crippen LogP contribution in [-0.4, -0.2) is 38.0 Å². The SMILES string of the molecule is C[C@H](CCO)Nc1nnnn1C. The van der Waals surface area contributed by atoms with Crippen LogP contribution in [0.3, 0.4) is 0 Å². The molecule has 0 aliphatic rings. The van der Waals surface area contributed by atoms with Gasteiger partial charge in [0.25, 0.3) is 0 Å². The van der Waals surface area contributed by atoms with Crippen LogP contribution < -0.4 is 5.32 Å². The van der Waals surface area contributed by atoms with Crippen molar-refractivity contribution in [3.8, 4) is 0 Å². The summed E-state index contributed by atoms with van der Waals surface area (Å²) in [5.74, 6) is 0.621. The van der Waals surface area contributed by atoms with Crippen molar-refractivity contribution in [2.24, 2.45) is 7.05 Å². The number of aliphatic hydroxyl groups is 1. The molecule has 6 heteroatoms. The van der Waals surface area contributed by atoms with Gasteiger partial charge in [-0.1, -0.05) is 5.10 Å². The maximum atomic E-state index is 8.64. The fourth-order valence-electron chi connectivity index (χ4n) is 0.838. The zero-order chi connectivity index (χ0) is 8.97. The first kappa shape index (κ1) is 8.92. The lowest BCUT2D eigenvalue weighted by Gasteiger charge is -2.10. The van der Waals surface area contributed by atoms with E-state index in [1.807, 2.05) is 6.92 Å². The average Bonchev–Trinajstić information content (AvgIpc) is 2.37. The maximum Gasteiger partial charge on any atom is 0.242 e. The number of aryl methyl sites for hydroxylation is 1. The maximum absolute atomic E-state index is 8.64. The molecule has 2 N–H and O–H groups in total. The quantitative estimate of drug-likeness (QED) is 0.632. The van der Waals surface area contributed by atoms with Gasteiger partial charge in [-0.2, -0.15) is 0 Å². The first-order valence-corrected chi connectivity index (χ1v) is 3.83. The molecule has 0 spiro atoms. The van der Waals surface area contributed by atoms with E-state index in [0.717, 1.165) is 0 Å². The summed E-state index contributed by atoms with van der Waals surface area (Å²) in [7, 11) is 1.76. The Labute approximate surface area is 70.6 Å². The summed E-state index contributed by atoms with van der Waals surface area (Å²) in [5, 5.41) is 22.6. The molecule has 1 aromatic heterocycles. The minimum atomic E-state index is 0.166. The molecule has 1 heterocycles. The number of nitrogens with zero attached hydrogens (tertiary/aromatic N) is 4. The molecule has 1 atom stereocenters. The zero-order valence-corrected chi connectivity index (χ0v) is 7.23. The fourth-order valence-corrected chi connectivity index (χ4v) is 0.838. The van der Waals surface area contributed by atoms with Gasteiger partial charge in [-0.25, -0.2) is 4.68 Å². The first-order valence-electron chi connectivity index (χ1n) is 3.83. The lowest BCUT2D eigenvalue weighted by atomic mass is 10.2. The topological polar surface area (TPSA) is 75.9 Å². The molecule has 1 aromatic rings. The molecule has 0 fully saturated rings. The molecule has 0 bridgehead atoms. The molecule has 0 radical (unpaired) electrons. The number of aliphatic hydroxyl groups excluding tert-OH is 1. The van der Waals surface area contributed by atoms with Crippen molar-refractivity contribution in [2.75, 3.05) is 11.9 Å². The Morgan fingerprint density at radius 1 is 1.67 bits per heavy atom. The van der Waals surface area contributed by atoms with Gasteiger partial charge in [0.15, 0.2) is 0 Å². The van der Waals surface area contributed by atoms with Crippen molar-refractivity contribution in [2.45, 2.75) is 19.4 Å². The lowest BCUT2D eigenvalue weighted by Crippen LogP contribution is -2.19. The number of anilines is 1. The number of tetrazole rings is 1. The van der Waals surface area contributed by atoms with Crippen LogP contribution in [-0.2, 0) is 7.05 Å². The fraction of sp³-hybridized carbons (Fsp3) is 0.833. The Bertz CT molecular complexity index is 236. The van der Waals surface area contributed by atoms with Gasteiger partial charge >= 0.3 is 0 Å². The van der Waals surface area contributed by atoms with Crippen LogP contribution in [0, 0.1) is 0 Å². The molecule has 0 saturated carbocycles. The van der Waals surface area contributed by atoms with E-state index in [0.29, 0.717) is 12.4 Å². The molecule has 0 unspecified atom stereocenters. The Morgan fingerprint density at radius 2 is 2.42 bits per heavy atom. The second-order valence-corrected chi connectivity index (χ2v) is 2.68. The Hall–Kier alpha value is -1.17. The van der Waals surface area contributed by atoms with Crippen molar-refractivity contribution < 1.29 is 5.11 Å². The van der Waals surface area contributed by atoms with Gasteiger partial charge < -0.3 is 10.4 Å². The Morgan fingerprint density at radius 3 is 2.92 bits per heavy atom. The number of hydrogen-bond acceptors (Lipinski definition) is 5. The summed E-state index contributed by atoms with van der Waals surface area (Å²) in [6.45, 7) is 2.13. The van der Waals surface area contributed by atoms with Crippen LogP contribution in [0.15, 0.2) is 0 Å². The first-order chi connectivity index (χ1) is 5.74. The summed E-state index contributed by atoms with van der Waals surface area (Å²) in [4.78, 5) is 0. The standard InChI is InChI=1S/C6H13N5O/c1-5(3-4-12)7-6-8-9-10-11(6)2/h5,12H,3-4H2,1-2H3,(H,7,8,10)/t5-/m1/s1. The summed E-state index contributed by atoms with van der Waals surface area (Å²) < 4.78 is 1.55. The van der Waals surface area contributed by atoms with Crippen LogP contribution in [0.5, 0.6) is 0 Å². The molecule has 0 saturated heterocycles. The molecule has 12 heavy (non-hydrogen) atoms. The molecule has 0 aromatic carbocycles. The zero-order valence-electron chi connectivity index (χ0n) is 7.23. The second-order valence-electron chi connectivity index (χ2n) is 2.68. The highest BCUT2D eigenvalue weighted by Gasteiger charge is 2.05. The number of rotatable bonds is 4. The predicted molar refractivity (Wildman–Crippen MR) is 43.6 cm³/mol. The number of aromatic nitrogens is 4. The lowest BCUT2D eigenvalue weighted by molar-refractivity contribution is 0.282. The van der Waals surface area contributed by atoms with Gasteiger partial charge in [-0.05, 0) is 23.8 Å². The molecular formula is C6H13N5O. The van der Waals surface area contributed by atoms with Gasteiger partial charge in [0.05, 0.1) is 0 Å². The van der Waals surface area contributed by atoms with E-state index < -0.39 is 0 Å². The number of nitrogens with one attached hydrogen (secondary N) is 1. The molecule has 0 amide bonds. The Kier molecular flexibility index (Phi) is 2.98. The minimum Gasteiger partial charge on any atom is -0.396 e. The monoisotopic (exact) mass is 171 g/mol.